The van der Waals surface area contributed by atoms with Crippen LogP contribution >= 0.6 is 11.8 Å². The Bertz CT molecular complexity index is 372. The molecule has 2 atom stereocenters. The molecule has 2 aliphatic heterocycles. The minimum atomic E-state index is -0.970. The van der Waals surface area contributed by atoms with Crippen molar-refractivity contribution in [3.8, 4) is 0 Å². The van der Waals surface area contributed by atoms with Crippen molar-refractivity contribution in [2.24, 2.45) is 0 Å². The van der Waals surface area contributed by atoms with Gasteiger partial charge in [-0.15, -0.1) is 0 Å². The quantitative estimate of drug-likeness (QED) is 0.830. The maximum atomic E-state index is 12.3. The van der Waals surface area contributed by atoms with Crippen molar-refractivity contribution in [2.75, 3.05) is 18.8 Å². The molecular weight excluding hydrogens is 266 g/mol. The Hall–Kier alpha value is -0.750. The molecule has 2 saturated heterocycles. The van der Waals surface area contributed by atoms with Crippen LogP contribution in [0.3, 0.4) is 0 Å². The molecule has 6 heteroatoms. The molecule has 0 aromatic rings. The summed E-state index contributed by atoms with van der Waals surface area (Å²) in [5, 5.41) is 8.88. The van der Waals surface area contributed by atoms with Crippen LogP contribution < -0.4 is 0 Å². The summed E-state index contributed by atoms with van der Waals surface area (Å²) in [5.41, 5.74) is 0. The predicted molar refractivity (Wildman–Crippen MR) is 73.3 cm³/mol. The molecule has 19 heavy (non-hydrogen) atoms. The number of rotatable bonds is 2. The van der Waals surface area contributed by atoms with Crippen molar-refractivity contribution < 1.29 is 19.4 Å². The number of amides is 1. The van der Waals surface area contributed by atoms with E-state index in [9.17, 15) is 9.59 Å². The molecular formula is C13H21NO4S. The number of aliphatic carboxylic acids is 1. The number of ether oxygens (including phenoxy) is 1. The summed E-state index contributed by atoms with van der Waals surface area (Å²) in [4.78, 5) is 25.0. The Morgan fingerprint density at radius 1 is 1.26 bits per heavy atom. The van der Waals surface area contributed by atoms with Crippen molar-refractivity contribution in [1.82, 2.24) is 4.90 Å². The van der Waals surface area contributed by atoms with Crippen molar-refractivity contribution >= 4 is 23.6 Å². The second-order valence-corrected chi connectivity index (χ2v) is 7.51. The van der Waals surface area contributed by atoms with Crippen LogP contribution in [0.2, 0.25) is 0 Å². The molecule has 0 aromatic heterocycles. The number of hydrogen-bond acceptors (Lipinski definition) is 4. The number of carbonyl (C=O) groups is 2. The zero-order chi connectivity index (χ0) is 14.0. The highest BCUT2D eigenvalue weighted by Gasteiger charge is 2.37. The van der Waals surface area contributed by atoms with Gasteiger partial charge in [-0.1, -0.05) is 13.8 Å². The number of thioether (sulfide) groups is 1. The fourth-order valence-electron chi connectivity index (χ4n) is 2.44. The van der Waals surface area contributed by atoms with E-state index in [2.05, 4.69) is 13.8 Å². The third-order valence-corrected chi connectivity index (χ3v) is 5.09. The van der Waals surface area contributed by atoms with Crippen molar-refractivity contribution in [3.63, 3.8) is 0 Å². The third-order valence-electron chi connectivity index (χ3n) is 3.72. The van der Waals surface area contributed by atoms with Crippen LogP contribution in [-0.4, -0.2) is 57.7 Å². The Labute approximate surface area is 117 Å². The molecule has 108 valence electrons. The molecule has 0 unspecified atom stereocenters. The Morgan fingerprint density at radius 2 is 1.95 bits per heavy atom. The molecule has 0 spiro atoms. The zero-order valence-electron chi connectivity index (χ0n) is 11.4. The van der Waals surface area contributed by atoms with Gasteiger partial charge >= 0.3 is 5.97 Å². The third kappa shape index (κ3) is 3.63. The maximum absolute atomic E-state index is 12.3. The van der Waals surface area contributed by atoms with E-state index in [0.717, 1.165) is 25.3 Å². The topological polar surface area (TPSA) is 66.8 Å². The first kappa shape index (κ1) is 14.7. The van der Waals surface area contributed by atoms with Gasteiger partial charge in [0.25, 0.3) is 5.91 Å². The lowest BCUT2D eigenvalue weighted by Gasteiger charge is -2.24. The summed E-state index contributed by atoms with van der Waals surface area (Å²) in [6.45, 7) is 5.84. The summed E-state index contributed by atoms with van der Waals surface area (Å²) in [6, 6.07) is 0. The molecule has 0 aliphatic carbocycles. The number of hydrogen-bond donors (Lipinski definition) is 1. The van der Waals surface area contributed by atoms with Gasteiger partial charge < -0.3 is 14.7 Å². The molecule has 1 N–H and O–H groups in total. The van der Waals surface area contributed by atoms with Gasteiger partial charge in [0.2, 0.25) is 0 Å². The highest BCUT2D eigenvalue weighted by atomic mass is 32.2. The van der Waals surface area contributed by atoms with Gasteiger partial charge in [0.15, 0.2) is 6.10 Å². The maximum Gasteiger partial charge on any atom is 0.332 e. The largest absolute Gasteiger partial charge is 0.479 e. The molecule has 1 amide bonds. The molecule has 0 saturated carbocycles. The van der Waals surface area contributed by atoms with Gasteiger partial charge in [0, 0.05) is 23.6 Å². The van der Waals surface area contributed by atoms with Crippen LogP contribution in [-0.2, 0) is 14.3 Å². The minimum Gasteiger partial charge on any atom is -0.479 e. The molecule has 0 radical (unpaired) electrons. The normalized spacial score (nSPS) is 30.9. The van der Waals surface area contributed by atoms with Crippen LogP contribution in [0.1, 0.15) is 33.1 Å². The smallest absolute Gasteiger partial charge is 0.332 e. The van der Waals surface area contributed by atoms with E-state index in [0.29, 0.717) is 12.8 Å². The molecule has 2 fully saturated rings. The average molecular weight is 287 g/mol. The van der Waals surface area contributed by atoms with Crippen LogP contribution in [0.25, 0.3) is 0 Å². The molecule has 0 aromatic carbocycles. The van der Waals surface area contributed by atoms with Crippen molar-refractivity contribution in [2.45, 2.75) is 50.1 Å². The van der Waals surface area contributed by atoms with E-state index in [-0.39, 0.29) is 10.7 Å². The first-order valence-electron chi connectivity index (χ1n) is 6.70. The van der Waals surface area contributed by atoms with Crippen molar-refractivity contribution in [1.29, 1.82) is 0 Å². The number of nitrogens with zero attached hydrogens (tertiary/aromatic N) is 1. The van der Waals surface area contributed by atoms with E-state index in [1.165, 1.54) is 0 Å². The summed E-state index contributed by atoms with van der Waals surface area (Å²) < 4.78 is 5.54. The van der Waals surface area contributed by atoms with Crippen LogP contribution in [0.15, 0.2) is 0 Å². The highest BCUT2D eigenvalue weighted by Crippen LogP contribution is 2.31. The highest BCUT2D eigenvalue weighted by molar-refractivity contribution is 8.00. The summed E-state index contributed by atoms with van der Waals surface area (Å²) in [6.07, 6.45) is 0.528. The van der Waals surface area contributed by atoms with Gasteiger partial charge in [0.05, 0.1) is 0 Å². The van der Waals surface area contributed by atoms with Gasteiger partial charge in [-0.2, -0.15) is 11.8 Å². The Morgan fingerprint density at radius 3 is 2.58 bits per heavy atom. The zero-order valence-corrected chi connectivity index (χ0v) is 12.2. The molecule has 2 heterocycles. The van der Waals surface area contributed by atoms with Gasteiger partial charge in [-0.25, -0.2) is 4.79 Å². The average Bonchev–Trinajstić information content (AvgIpc) is 2.75. The minimum absolute atomic E-state index is 0.0398. The molecule has 2 aliphatic rings. The fourth-order valence-corrected chi connectivity index (χ4v) is 3.54. The van der Waals surface area contributed by atoms with E-state index >= 15 is 0 Å². The molecule has 5 nitrogen and oxygen atoms in total. The van der Waals surface area contributed by atoms with E-state index in [1.807, 2.05) is 16.7 Å². The summed E-state index contributed by atoms with van der Waals surface area (Å²) in [5.74, 6) is -0.0849. The van der Waals surface area contributed by atoms with E-state index in [1.54, 1.807) is 0 Å². The number of carboxylic acids is 1. The van der Waals surface area contributed by atoms with Gasteiger partial charge in [-0.05, 0) is 19.3 Å². The fraction of sp³-hybridized carbons (Fsp3) is 0.846. The monoisotopic (exact) mass is 287 g/mol. The first-order valence-corrected chi connectivity index (χ1v) is 7.69. The van der Waals surface area contributed by atoms with Crippen LogP contribution in [0.4, 0.5) is 0 Å². The van der Waals surface area contributed by atoms with Gasteiger partial charge in [-0.3, -0.25) is 4.79 Å². The molecule has 2 rings (SSSR count). The lowest BCUT2D eigenvalue weighted by molar-refractivity contribution is -0.154. The summed E-state index contributed by atoms with van der Waals surface area (Å²) in [7, 11) is 0. The lowest BCUT2D eigenvalue weighted by atomic mass is 10.1. The van der Waals surface area contributed by atoms with E-state index < -0.39 is 18.2 Å². The first-order chi connectivity index (χ1) is 8.89. The second-order valence-electron chi connectivity index (χ2n) is 5.71. The number of carbonyl (C=O) groups excluding carboxylic acids is 1. The second kappa shape index (κ2) is 5.71. The number of carboxylic acid groups (broad SMARTS) is 1. The standard InChI is InChI=1S/C13H21NO4S/c1-13(2)5-6-14(7-8-19-13)11(15)9-3-4-10(18-9)12(16)17/h9-10H,3-8H2,1-2H3,(H,16,17)/t9-,10+/m0/s1. The van der Waals surface area contributed by atoms with Crippen LogP contribution in [0, 0.1) is 0 Å². The lowest BCUT2D eigenvalue weighted by Crippen LogP contribution is -2.41. The van der Waals surface area contributed by atoms with E-state index in [4.69, 9.17) is 9.84 Å². The Balaban J connectivity index is 1.92. The SMILES string of the molecule is CC1(C)CCN(C(=O)[C@@H]2CC[C@H](C(=O)O)O2)CCS1. The Kier molecular flexibility index (Phi) is 4.40. The van der Waals surface area contributed by atoms with Crippen molar-refractivity contribution in [3.05, 3.63) is 0 Å². The molecule has 0 bridgehead atoms. The summed E-state index contributed by atoms with van der Waals surface area (Å²) >= 11 is 1.88. The van der Waals surface area contributed by atoms with Gasteiger partial charge in [0.1, 0.15) is 6.10 Å². The van der Waals surface area contributed by atoms with Crippen LogP contribution in [0.5, 0.6) is 0 Å². The predicted octanol–water partition coefficient (Wildman–Crippen LogP) is 1.36.